The molecule has 0 radical (unpaired) electrons. The Morgan fingerprint density at radius 1 is 1.50 bits per heavy atom. The number of carbonyl (C=O) groups is 1. The fourth-order valence-electron chi connectivity index (χ4n) is 2.46. The molecule has 0 saturated heterocycles. The van der Waals surface area contributed by atoms with Crippen LogP contribution >= 0.6 is 0 Å². The van der Waals surface area contributed by atoms with Gasteiger partial charge in [0.15, 0.2) is 5.78 Å². The van der Waals surface area contributed by atoms with Crippen molar-refractivity contribution in [2.75, 3.05) is 13.7 Å². The lowest BCUT2D eigenvalue weighted by Gasteiger charge is -2.40. The van der Waals surface area contributed by atoms with Crippen LogP contribution < -0.4 is 10.5 Å². The predicted molar refractivity (Wildman–Crippen MR) is 67.2 cm³/mol. The smallest absolute Gasteiger partial charge is 0.167 e. The van der Waals surface area contributed by atoms with Crippen molar-refractivity contribution in [1.82, 2.24) is 0 Å². The summed E-state index contributed by atoms with van der Waals surface area (Å²) < 4.78 is 18.3. The van der Waals surface area contributed by atoms with Crippen LogP contribution in [0.15, 0.2) is 18.2 Å². The highest BCUT2D eigenvalue weighted by Crippen LogP contribution is 2.44. The number of hydrogen-bond donors (Lipinski definition) is 1. The second kappa shape index (κ2) is 5.06. The first-order valence-electron chi connectivity index (χ1n) is 6.17. The molecule has 1 aliphatic rings. The van der Waals surface area contributed by atoms with E-state index in [0.717, 1.165) is 19.3 Å². The lowest BCUT2D eigenvalue weighted by atomic mass is 9.65. The largest absolute Gasteiger partial charge is 0.496 e. The molecule has 1 aliphatic carbocycles. The highest BCUT2D eigenvalue weighted by molar-refractivity contribution is 5.99. The van der Waals surface area contributed by atoms with Gasteiger partial charge in [0.1, 0.15) is 11.6 Å². The van der Waals surface area contributed by atoms with Crippen LogP contribution in [0.2, 0.25) is 0 Å². The van der Waals surface area contributed by atoms with Crippen LogP contribution in [-0.2, 0) is 0 Å². The number of ether oxygens (including phenoxy) is 1. The molecule has 0 aromatic heterocycles. The van der Waals surface area contributed by atoms with E-state index in [1.54, 1.807) is 0 Å². The Balaban J connectivity index is 2.20. The standard InChI is InChI=1S/C14H18FNO2/c1-18-13-4-3-10(15)7-11(13)12(17)8-14(9-16)5-2-6-14/h3-4,7H,2,5-6,8-9,16H2,1H3. The molecule has 0 aliphatic heterocycles. The Morgan fingerprint density at radius 3 is 2.72 bits per heavy atom. The highest BCUT2D eigenvalue weighted by atomic mass is 19.1. The predicted octanol–water partition coefficient (Wildman–Crippen LogP) is 2.54. The minimum atomic E-state index is -0.422. The van der Waals surface area contributed by atoms with E-state index >= 15 is 0 Å². The molecule has 18 heavy (non-hydrogen) atoms. The van der Waals surface area contributed by atoms with E-state index in [2.05, 4.69) is 0 Å². The molecule has 2 rings (SSSR count). The quantitative estimate of drug-likeness (QED) is 0.818. The zero-order valence-corrected chi connectivity index (χ0v) is 10.5. The van der Waals surface area contributed by atoms with Crippen LogP contribution in [0.3, 0.4) is 0 Å². The zero-order valence-electron chi connectivity index (χ0n) is 10.5. The second-order valence-corrected chi connectivity index (χ2v) is 5.00. The molecule has 0 bridgehead atoms. The maximum absolute atomic E-state index is 13.2. The summed E-state index contributed by atoms with van der Waals surface area (Å²) in [4.78, 5) is 12.2. The Morgan fingerprint density at radius 2 is 2.22 bits per heavy atom. The molecule has 0 amide bonds. The highest BCUT2D eigenvalue weighted by Gasteiger charge is 2.38. The normalized spacial score (nSPS) is 17.1. The third kappa shape index (κ3) is 2.38. The Kier molecular flexibility index (Phi) is 3.66. The number of nitrogens with two attached hydrogens (primary N) is 1. The van der Waals surface area contributed by atoms with Crippen LogP contribution in [0.5, 0.6) is 5.75 Å². The fraction of sp³-hybridized carbons (Fsp3) is 0.500. The van der Waals surface area contributed by atoms with Crippen molar-refractivity contribution >= 4 is 5.78 Å². The van der Waals surface area contributed by atoms with Gasteiger partial charge in [0.05, 0.1) is 12.7 Å². The average Bonchev–Trinajstić information content (AvgIpc) is 2.33. The monoisotopic (exact) mass is 251 g/mol. The Labute approximate surface area is 106 Å². The minimum absolute atomic E-state index is 0.0750. The molecule has 0 spiro atoms. The van der Waals surface area contributed by atoms with Crippen LogP contribution in [-0.4, -0.2) is 19.4 Å². The molecule has 1 saturated carbocycles. The fourth-order valence-corrected chi connectivity index (χ4v) is 2.46. The van der Waals surface area contributed by atoms with Gasteiger partial charge in [0.2, 0.25) is 0 Å². The molecule has 0 unspecified atom stereocenters. The van der Waals surface area contributed by atoms with Crippen LogP contribution in [0.25, 0.3) is 0 Å². The first kappa shape index (κ1) is 13.0. The summed E-state index contributed by atoms with van der Waals surface area (Å²) >= 11 is 0. The molecule has 1 aromatic carbocycles. The summed E-state index contributed by atoms with van der Waals surface area (Å²) in [5, 5.41) is 0. The van der Waals surface area contributed by atoms with E-state index in [-0.39, 0.29) is 11.2 Å². The number of hydrogen-bond acceptors (Lipinski definition) is 3. The summed E-state index contributed by atoms with van der Waals surface area (Å²) in [6.07, 6.45) is 3.45. The maximum Gasteiger partial charge on any atom is 0.167 e. The van der Waals surface area contributed by atoms with E-state index < -0.39 is 5.82 Å². The molecule has 1 aromatic rings. The van der Waals surface area contributed by atoms with E-state index in [1.807, 2.05) is 0 Å². The van der Waals surface area contributed by atoms with Crippen molar-refractivity contribution < 1.29 is 13.9 Å². The van der Waals surface area contributed by atoms with Gasteiger partial charge in [-0.3, -0.25) is 4.79 Å². The van der Waals surface area contributed by atoms with Crippen molar-refractivity contribution in [3.05, 3.63) is 29.6 Å². The Bertz CT molecular complexity index is 450. The number of methoxy groups -OCH3 is 1. The molecule has 0 atom stereocenters. The summed E-state index contributed by atoms with van der Waals surface area (Å²) in [7, 11) is 1.48. The number of ketones is 1. The molecular formula is C14H18FNO2. The number of halogens is 1. The average molecular weight is 251 g/mol. The zero-order chi connectivity index (χ0) is 13.2. The van der Waals surface area contributed by atoms with Gasteiger partial charge >= 0.3 is 0 Å². The Hall–Kier alpha value is -1.42. The third-order valence-electron chi connectivity index (χ3n) is 3.84. The van der Waals surface area contributed by atoms with Crippen molar-refractivity contribution in [2.24, 2.45) is 11.1 Å². The van der Waals surface area contributed by atoms with Crippen molar-refractivity contribution in [3.8, 4) is 5.75 Å². The molecule has 1 fully saturated rings. The summed E-state index contributed by atoms with van der Waals surface area (Å²) in [6, 6.07) is 4.01. The lowest BCUT2D eigenvalue weighted by molar-refractivity contribution is 0.0783. The number of carbonyl (C=O) groups excluding carboxylic acids is 1. The van der Waals surface area contributed by atoms with Gasteiger partial charge < -0.3 is 10.5 Å². The van der Waals surface area contributed by atoms with Crippen LogP contribution in [0.1, 0.15) is 36.0 Å². The summed E-state index contributed by atoms with van der Waals surface area (Å²) in [6.45, 7) is 0.510. The lowest BCUT2D eigenvalue weighted by Crippen LogP contribution is -2.39. The van der Waals surface area contributed by atoms with Gasteiger partial charge in [-0.2, -0.15) is 0 Å². The molecule has 2 N–H and O–H groups in total. The van der Waals surface area contributed by atoms with Gasteiger partial charge in [-0.05, 0) is 43.0 Å². The van der Waals surface area contributed by atoms with Gasteiger partial charge in [-0.15, -0.1) is 0 Å². The number of Topliss-reactive ketones (excluding diaryl/α,β-unsaturated/α-hetero) is 1. The van der Waals surface area contributed by atoms with Crippen molar-refractivity contribution in [3.63, 3.8) is 0 Å². The van der Waals surface area contributed by atoms with Gasteiger partial charge in [0, 0.05) is 6.42 Å². The van der Waals surface area contributed by atoms with Gasteiger partial charge in [0.25, 0.3) is 0 Å². The first-order valence-corrected chi connectivity index (χ1v) is 6.17. The van der Waals surface area contributed by atoms with Crippen LogP contribution in [0, 0.1) is 11.2 Å². The van der Waals surface area contributed by atoms with Crippen molar-refractivity contribution in [1.29, 1.82) is 0 Å². The van der Waals surface area contributed by atoms with Gasteiger partial charge in [-0.25, -0.2) is 4.39 Å². The van der Waals surface area contributed by atoms with Crippen LogP contribution in [0.4, 0.5) is 4.39 Å². The van der Waals surface area contributed by atoms with E-state index in [1.165, 1.54) is 25.3 Å². The SMILES string of the molecule is COc1ccc(F)cc1C(=O)CC1(CN)CCC1. The maximum atomic E-state index is 13.2. The number of rotatable bonds is 5. The summed E-state index contributed by atoms with van der Waals surface area (Å²) in [5.41, 5.74) is 5.98. The second-order valence-electron chi connectivity index (χ2n) is 5.00. The third-order valence-corrected chi connectivity index (χ3v) is 3.84. The summed E-state index contributed by atoms with van der Waals surface area (Å²) in [5.74, 6) is -0.0843. The molecule has 3 nitrogen and oxygen atoms in total. The van der Waals surface area contributed by atoms with Crippen molar-refractivity contribution in [2.45, 2.75) is 25.7 Å². The van der Waals surface area contributed by atoms with E-state index in [0.29, 0.717) is 24.3 Å². The molecule has 0 heterocycles. The molecular weight excluding hydrogens is 233 g/mol. The molecule has 98 valence electrons. The van der Waals surface area contributed by atoms with Gasteiger partial charge in [-0.1, -0.05) is 6.42 Å². The first-order chi connectivity index (χ1) is 8.60. The molecule has 4 heteroatoms. The van der Waals surface area contributed by atoms with E-state index in [4.69, 9.17) is 10.5 Å². The minimum Gasteiger partial charge on any atom is -0.496 e. The van der Waals surface area contributed by atoms with E-state index in [9.17, 15) is 9.18 Å². The number of benzene rings is 1. The topological polar surface area (TPSA) is 52.3 Å².